The number of nitrogens with zero attached hydrogens (tertiary/aromatic N) is 3. The Balaban J connectivity index is 1.37. The lowest BCUT2D eigenvalue weighted by Gasteiger charge is -2.19. The third kappa shape index (κ3) is 4.65. The number of benzene rings is 3. The minimum absolute atomic E-state index is 0.0643. The third-order valence-electron chi connectivity index (χ3n) is 6.17. The lowest BCUT2D eigenvalue weighted by molar-refractivity contribution is -0.117. The summed E-state index contributed by atoms with van der Waals surface area (Å²) in [5, 5.41) is 11.4. The van der Waals surface area contributed by atoms with Gasteiger partial charge in [-0.3, -0.25) is 4.79 Å². The van der Waals surface area contributed by atoms with E-state index in [2.05, 4.69) is 0 Å². The Hall–Kier alpha value is -3.35. The van der Waals surface area contributed by atoms with Crippen molar-refractivity contribution in [1.29, 1.82) is 0 Å². The third-order valence-corrected chi connectivity index (χ3v) is 6.42. The van der Waals surface area contributed by atoms with E-state index in [4.69, 9.17) is 21.3 Å². The highest BCUT2D eigenvalue weighted by Gasteiger charge is 2.35. The largest absolute Gasteiger partial charge is 0.491 e. The second-order valence-corrected chi connectivity index (χ2v) is 9.17. The van der Waals surface area contributed by atoms with Crippen LogP contribution in [0.15, 0.2) is 72.8 Å². The van der Waals surface area contributed by atoms with Crippen LogP contribution in [0.5, 0.6) is 5.75 Å². The van der Waals surface area contributed by atoms with Crippen LogP contribution >= 0.6 is 11.6 Å². The van der Waals surface area contributed by atoms with Gasteiger partial charge in [-0.15, -0.1) is 0 Å². The molecule has 1 saturated heterocycles. The predicted octanol–water partition coefficient (Wildman–Crippen LogP) is 4.96. The predicted molar refractivity (Wildman–Crippen MR) is 134 cm³/mol. The van der Waals surface area contributed by atoms with Gasteiger partial charge < -0.3 is 19.3 Å². The standard InChI is InChI=1S/C27H26ClN3O3/c1-18-6-10-21(11-7-18)30-15-19(14-26(30)33)27-29-24-4-2-3-5-25(24)31(27)16-22(32)17-34-23-12-8-20(28)9-13-23/h2-13,19,22,32H,14-17H2,1H3. The first-order valence-corrected chi connectivity index (χ1v) is 11.7. The number of halogens is 1. The molecule has 0 bridgehead atoms. The van der Waals surface area contributed by atoms with Crippen LogP contribution in [0.2, 0.25) is 5.02 Å². The molecule has 1 fully saturated rings. The number of carbonyl (C=O) groups excluding carboxylic acids is 1. The number of imidazole rings is 1. The number of carbonyl (C=O) groups is 1. The lowest BCUT2D eigenvalue weighted by atomic mass is 10.1. The number of aromatic nitrogens is 2. The molecule has 1 aliphatic rings. The highest BCUT2D eigenvalue weighted by Crippen LogP contribution is 2.33. The molecule has 0 aliphatic carbocycles. The number of aliphatic hydroxyl groups is 1. The van der Waals surface area contributed by atoms with Crippen LogP contribution in [0.25, 0.3) is 11.0 Å². The fourth-order valence-electron chi connectivity index (χ4n) is 4.44. The monoisotopic (exact) mass is 475 g/mol. The second-order valence-electron chi connectivity index (χ2n) is 8.73. The van der Waals surface area contributed by atoms with Gasteiger partial charge in [0, 0.05) is 29.6 Å². The van der Waals surface area contributed by atoms with Gasteiger partial charge in [0.1, 0.15) is 24.3 Å². The van der Waals surface area contributed by atoms with E-state index in [-0.39, 0.29) is 18.4 Å². The maximum atomic E-state index is 12.9. The number of para-hydroxylation sites is 2. The smallest absolute Gasteiger partial charge is 0.227 e. The van der Waals surface area contributed by atoms with Crippen LogP contribution < -0.4 is 9.64 Å². The van der Waals surface area contributed by atoms with Crippen molar-refractivity contribution in [2.75, 3.05) is 18.1 Å². The van der Waals surface area contributed by atoms with Gasteiger partial charge in [-0.2, -0.15) is 0 Å². The molecule has 174 valence electrons. The van der Waals surface area contributed by atoms with E-state index in [1.165, 1.54) is 0 Å². The van der Waals surface area contributed by atoms with Crippen LogP contribution in [0.4, 0.5) is 5.69 Å². The topological polar surface area (TPSA) is 67.6 Å². The summed E-state index contributed by atoms with van der Waals surface area (Å²) in [7, 11) is 0. The van der Waals surface area contributed by atoms with Gasteiger partial charge in [0.15, 0.2) is 0 Å². The van der Waals surface area contributed by atoms with Gasteiger partial charge in [0.2, 0.25) is 5.91 Å². The van der Waals surface area contributed by atoms with Gasteiger partial charge in [-0.1, -0.05) is 41.4 Å². The average Bonchev–Trinajstić information content (AvgIpc) is 3.40. The van der Waals surface area contributed by atoms with Gasteiger partial charge >= 0.3 is 0 Å². The Bertz CT molecular complexity index is 1300. The quantitative estimate of drug-likeness (QED) is 0.410. The lowest BCUT2D eigenvalue weighted by Crippen LogP contribution is -2.26. The van der Waals surface area contributed by atoms with Crippen LogP contribution in [0, 0.1) is 6.92 Å². The molecule has 0 spiro atoms. The number of fused-ring (bicyclic) bond motifs is 1. The number of aryl methyl sites for hydroxylation is 1. The van der Waals surface area contributed by atoms with Crippen molar-refractivity contribution >= 4 is 34.2 Å². The first-order valence-electron chi connectivity index (χ1n) is 11.4. The number of anilines is 1. The van der Waals surface area contributed by atoms with E-state index < -0.39 is 6.10 Å². The van der Waals surface area contributed by atoms with Crippen molar-refractivity contribution in [1.82, 2.24) is 9.55 Å². The summed E-state index contributed by atoms with van der Waals surface area (Å²) in [5.41, 5.74) is 3.84. The van der Waals surface area contributed by atoms with Crippen LogP contribution in [-0.4, -0.2) is 39.8 Å². The molecular formula is C27H26ClN3O3. The SMILES string of the molecule is Cc1ccc(N2CC(c3nc4ccccc4n3CC(O)COc3ccc(Cl)cc3)CC2=O)cc1. The zero-order chi connectivity index (χ0) is 23.7. The van der Waals surface area contributed by atoms with Gasteiger partial charge in [-0.25, -0.2) is 4.98 Å². The molecular weight excluding hydrogens is 450 g/mol. The second kappa shape index (κ2) is 9.49. The van der Waals surface area contributed by atoms with Crippen LogP contribution in [0.1, 0.15) is 23.7 Å². The maximum Gasteiger partial charge on any atom is 0.227 e. The zero-order valence-corrected chi connectivity index (χ0v) is 19.7. The Morgan fingerprint density at radius 1 is 1.09 bits per heavy atom. The number of ether oxygens (including phenoxy) is 1. The molecule has 2 unspecified atom stereocenters. The molecule has 4 aromatic rings. The number of rotatable bonds is 7. The van der Waals surface area contributed by atoms with Crippen molar-refractivity contribution in [2.24, 2.45) is 0 Å². The van der Waals surface area contributed by atoms with E-state index in [0.717, 1.165) is 28.1 Å². The van der Waals surface area contributed by atoms with Crippen molar-refractivity contribution in [3.63, 3.8) is 0 Å². The Kier molecular flexibility index (Phi) is 6.26. The Labute approximate surface area is 203 Å². The summed E-state index contributed by atoms with van der Waals surface area (Å²) in [5.74, 6) is 1.48. The molecule has 2 heterocycles. The van der Waals surface area contributed by atoms with E-state index in [0.29, 0.717) is 30.3 Å². The molecule has 1 amide bonds. The summed E-state index contributed by atoms with van der Waals surface area (Å²) in [6.07, 6.45) is -0.369. The van der Waals surface area contributed by atoms with E-state index >= 15 is 0 Å². The molecule has 6 nitrogen and oxygen atoms in total. The van der Waals surface area contributed by atoms with Crippen LogP contribution in [-0.2, 0) is 11.3 Å². The fourth-order valence-corrected chi connectivity index (χ4v) is 4.57. The van der Waals surface area contributed by atoms with E-state index in [9.17, 15) is 9.90 Å². The average molecular weight is 476 g/mol. The first-order chi connectivity index (χ1) is 16.5. The summed E-state index contributed by atoms with van der Waals surface area (Å²) in [6, 6.07) is 22.9. The normalized spacial score (nSPS) is 16.9. The van der Waals surface area contributed by atoms with Gasteiger partial charge in [0.05, 0.1) is 17.6 Å². The molecule has 3 aromatic carbocycles. The van der Waals surface area contributed by atoms with Crippen molar-refractivity contribution in [2.45, 2.75) is 31.9 Å². The van der Waals surface area contributed by atoms with Crippen molar-refractivity contribution < 1.29 is 14.6 Å². The van der Waals surface area contributed by atoms with Crippen molar-refractivity contribution in [3.05, 3.63) is 89.2 Å². The molecule has 1 N–H and O–H groups in total. The molecule has 2 atom stereocenters. The Morgan fingerprint density at radius 2 is 1.82 bits per heavy atom. The summed E-state index contributed by atoms with van der Waals surface area (Å²) >= 11 is 5.93. The molecule has 0 radical (unpaired) electrons. The molecule has 5 rings (SSSR count). The van der Waals surface area contributed by atoms with Crippen LogP contribution in [0.3, 0.4) is 0 Å². The fraction of sp³-hybridized carbons (Fsp3) is 0.259. The molecule has 0 saturated carbocycles. The highest BCUT2D eigenvalue weighted by molar-refractivity contribution is 6.30. The first kappa shape index (κ1) is 22.4. The van der Waals surface area contributed by atoms with Gasteiger partial charge in [-0.05, 0) is 55.5 Å². The molecule has 34 heavy (non-hydrogen) atoms. The van der Waals surface area contributed by atoms with Gasteiger partial charge in [0.25, 0.3) is 0 Å². The number of amides is 1. The summed E-state index contributed by atoms with van der Waals surface area (Å²) < 4.78 is 7.78. The molecule has 7 heteroatoms. The maximum absolute atomic E-state index is 12.9. The number of hydrogen-bond donors (Lipinski definition) is 1. The minimum Gasteiger partial charge on any atom is -0.491 e. The number of hydrogen-bond acceptors (Lipinski definition) is 4. The Morgan fingerprint density at radius 3 is 2.59 bits per heavy atom. The summed E-state index contributed by atoms with van der Waals surface area (Å²) in [4.78, 5) is 19.6. The zero-order valence-electron chi connectivity index (χ0n) is 18.9. The van der Waals surface area contributed by atoms with Crippen molar-refractivity contribution in [3.8, 4) is 5.75 Å². The highest BCUT2D eigenvalue weighted by atomic mass is 35.5. The minimum atomic E-state index is -0.752. The number of aliphatic hydroxyl groups excluding tert-OH is 1. The van der Waals surface area contributed by atoms with E-state index in [1.54, 1.807) is 24.3 Å². The molecule has 1 aliphatic heterocycles. The summed E-state index contributed by atoms with van der Waals surface area (Å²) in [6.45, 7) is 3.04. The van der Waals surface area contributed by atoms with E-state index in [1.807, 2.05) is 64.9 Å². The molecule has 1 aromatic heterocycles.